The number of piperidine rings is 1. The molecule has 0 spiro atoms. The van der Waals surface area contributed by atoms with Gasteiger partial charge in [-0.2, -0.15) is 0 Å². The van der Waals surface area contributed by atoms with Crippen molar-refractivity contribution < 1.29 is 9.90 Å². The van der Waals surface area contributed by atoms with Gasteiger partial charge in [0.05, 0.1) is 0 Å². The predicted molar refractivity (Wildman–Crippen MR) is 89.7 cm³/mol. The van der Waals surface area contributed by atoms with Crippen molar-refractivity contribution in [1.29, 1.82) is 0 Å². The highest BCUT2D eigenvalue weighted by Crippen LogP contribution is 2.25. The number of aliphatic hydroxyl groups excluding tert-OH is 1. The lowest BCUT2D eigenvalue weighted by molar-refractivity contribution is -0.133. The molecule has 1 aliphatic heterocycles. The molecule has 22 heavy (non-hydrogen) atoms. The van der Waals surface area contributed by atoms with E-state index in [1.807, 2.05) is 4.90 Å². The number of hydrogen-bond acceptors (Lipinski definition) is 3. The van der Waals surface area contributed by atoms with Gasteiger partial charge in [0.15, 0.2) is 0 Å². The minimum atomic E-state index is 0.232. The van der Waals surface area contributed by atoms with Gasteiger partial charge in [-0.25, -0.2) is 0 Å². The molecule has 0 radical (unpaired) electrons. The molecule has 1 heterocycles. The highest BCUT2D eigenvalue weighted by atomic mass is 16.3. The molecule has 2 atom stereocenters. The normalized spacial score (nSPS) is 27.1. The largest absolute Gasteiger partial charge is 0.396 e. The van der Waals surface area contributed by atoms with Gasteiger partial charge < -0.3 is 15.3 Å². The number of carbonyl (C=O) groups excluding carboxylic acids is 1. The Morgan fingerprint density at radius 2 is 1.95 bits per heavy atom. The maximum Gasteiger partial charge on any atom is 0.222 e. The van der Waals surface area contributed by atoms with Crippen LogP contribution in [0, 0.1) is 11.8 Å². The van der Waals surface area contributed by atoms with Gasteiger partial charge in [0, 0.05) is 32.2 Å². The van der Waals surface area contributed by atoms with Gasteiger partial charge in [0.1, 0.15) is 0 Å². The fraction of sp³-hybridized carbons (Fsp3) is 0.944. The zero-order chi connectivity index (χ0) is 15.8. The van der Waals surface area contributed by atoms with Crippen molar-refractivity contribution in [2.24, 2.45) is 11.8 Å². The summed E-state index contributed by atoms with van der Waals surface area (Å²) in [6.07, 6.45) is 10.4. The van der Waals surface area contributed by atoms with Gasteiger partial charge in [-0.3, -0.25) is 4.79 Å². The summed E-state index contributed by atoms with van der Waals surface area (Å²) in [6.45, 7) is 5.09. The van der Waals surface area contributed by atoms with E-state index in [2.05, 4.69) is 12.2 Å². The summed E-state index contributed by atoms with van der Waals surface area (Å²) in [6, 6.07) is 0.410. The summed E-state index contributed by atoms with van der Waals surface area (Å²) in [5.74, 6) is 1.56. The Kier molecular flexibility index (Phi) is 7.67. The van der Waals surface area contributed by atoms with Gasteiger partial charge in [-0.05, 0) is 50.5 Å². The number of hydrogen-bond donors (Lipinski definition) is 2. The molecule has 0 bridgehead atoms. The van der Waals surface area contributed by atoms with E-state index in [1.165, 1.54) is 32.1 Å². The molecule has 2 aliphatic rings. The Hall–Kier alpha value is -0.610. The molecular formula is C18H34N2O2. The fourth-order valence-corrected chi connectivity index (χ4v) is 4.04. The van der Waals surface area contributed by atoms with Crippen molar-refractivity contribution in [2.75, 3.05) is 26.2 Å². The Morgan fingerprint density at radius 1 is 1.18 bits per heavy atom. The summed E-state index contributed by atoms with van der Waals surface area (Å²) in [5.41, 5.74) is 0. The molecule has 1 amide bonds. The lowest BCUT2D eigenvalue weighted by Gasteiger charge is -2.39. The first-order valence-electron chi connectivity index (χ1n) is 9.35. The third kappa shape index (κ3) is 5.54. The van der Waals surface area contributed by atoms with E-state index in [0.29, 0.717) is 18.4 Å². The van der Waals surface area contributed by atoms with Gasteiger partial charge in [0.25, 0.3) is 0 Å². The van der Waals surface area contributed by atoms with E-state index in [4.69, 9.17) is 0 Å². The number of rotatable bonds is 7. The van der Waals surface area contributed by atoms with Gasteiger partial charge >= 0.3 is 0 Å². The molecular weight excluding hydrogens is 276 g/mol. The second-order valence-electron chi connectivity index (χ2n) is 7.27. The molecule has 1 saturated heterocycles. The summed E-state index contributed by atoms with van der Waals surface area (Å²) in [7, 11) is 0. The van der Waals surface area contributed by atoms with Crippen LogP contribution in [-0.4, -0.2) is 48.2 Å². The number of amides is 1. The van der Waals surface area contributed by atoms with Crippen molar-refractivity contribution in [3.63, 3.8) is 0 Å². The van der Waals surface area contributed by atoms with Gasteiger partial charge in [-0.1, -0.05) is 26.2 Å². The predicted octanol–water partition coefficient (Wildman–Crippen LogP) is 2.56. The maximum absolute atomic E-state index is 12.2. The second-order valence-corrected chi connectivity index (χ2v) is 7.27. The fourth-order valence-electron chi connectivity index (χ4n) is 4.04. The molecule has 128 valence electrons. The topological polar surface area (TPSA) is 52.6 Å². The number of nitrogens with zero attached hydrogens (tertiary/aromatic N) is 1. The molecule has 2 rings (SSSR count). The average molecular weight is 310 g/mol. The lowest BCUT2D eigenvalue weighted by Crippen LogP contribution is -2.52. The second kappa shape index (κ2) is 9.51. The van der Waals surface area contributed by atoms with Crippen LogP contribution in [0.25, 0.3) is 0 Å². The van der Waals surface area contributed by atoms with Gasteiger partial charge in [0.2, 0.25) is 5.91 Å². The lowest BCUT2D eigenvalue weighted by atomic mass is 9.88. The molecule has 4 nitrogen and oxygen atoms in total. The van der Waals surface area contributed by atoms with E-state index in [1.54, 1.807) is 0 Å². The third-order valence-corrected chi connectivity index (χ3v) is 5.31. The standard InChI is InChI=1S/C18H34N2O2/c1-2-6-18(22)20-13-16(9-10-21)11-17(14-20)19-12-15-7-4-3-5-8-15/h15-17,19,21H,2-14H2,1H3. The van der Waals surface area contributed by atoms with E-state index >= 15 is 0 Å². The minimum Gasteiger partial charge on any atom is -0.396 e. The van der Waals surface area contributed by atoms with E-state index < -0.39 is 0 Å². The van der Waals surface area contributed by atoms with Crippen LogP contribution in [0.1, 0.15) is 64.7 Å². The van der Waals surface area contributed by atoms with Crippen LogP contribution in [0.5, 0.6) is 0 Å². The Balaban J connectivity index is 1.83. The zero-order valence-electron chi connectivity index (χ0n) is 14.2. The number of carbonyl (C=O) groups is 1. The first-order chi connectivity index (χ1) is 10.7. The Morgan fingerprint density at radius 3 is 2.64 bits per heavy atom. The molecule has 0 aromatic carbocycles. The van der Waals surface area contributed by atoms with Crippen molar-refractivity contribution >= 4 is 5.91 Å². The SMILES string of the molecule is CCCC(=O)N1CC(CCO)CC(NCC2CCCCC2)C1. The van der Waals surface area contributed by atoms with Crippen LogP contribution in [0.3, 0.4) is 0 Å². The molecule has 1 aliphatic carbocycles. The summed E-state index contributed by atoms with van der Waals surface area (Å²) in [5, 5.41) is 13.0. The van der Waals surface area contributed by atoms with Crippen LogP contribution in [0.4, 0.5) is 0 Å². The number of nitrogens with one attached hydrogen (secondary N) is 1. The molecule has 2 N–H and O–H groups in total. The monoisotopic (exact) mass is 310 g/mol. The number of aliphatic hydroxyl groups is 1. The van der Waals surface area contributed by atoms with Crippen molar-refractivity contribution in [2.45, 2.75) is 70.8 Å². The smallest absolute Gasteiger partial charge is 0.222 e. The van der Waals surface area contributed by atoms with Crippen molar-refractivity contribution in [3.05, 3.63) is 0 Å². The van der Waals surface area contributed by atoms with Crippen LogP contribution in [0.2, 0.25) is 0 Å². The van der Waals surface area contributed by atoms with Crippen LogP contribution >= 0.6 is 0 Å². The van der Waals surface area contributed by atoms with Crippen LogP contribution in [0.15, 0.2) is 0 Å². The Labute approximate surface area is 135 Å². The van der Waals surface area contributed by atoms with E-state index in [0.717, 1.165) is 44.8 Å². The minimum absolute atomic E-state index is 0.232. The summed E-state index contributed by atoms with van der Waals surface area (Å²) in [4.78, 5) is 14.3. The first-order valence-corrected chi connectivity index (χ1v) is 9.35. The molecule has 2 fully saturated rings. The summed E-state index contributed by atoms with van der Waals surface area (Å²) < 4.78 is 0. The molecule has 1 saturated carbocycles. The average Bonchev–Trinajstić information content (AvgIpc) is 2.54. The summed E-state index contributed by atoms with van der Waals surface area (Å²) >= 11 is 0. The van der Waals surface area contributed by atoms with Crippen molar-refractivity contribution in [1.82, 2.24) is 10.2 Å². The van der Waals surface area contributed by atoms with Crippen LogP contribution in [-0.2, 0) is 4.79 Å². The maximum atomic E-state index is 12.2. The first kappa shape index (κ1) is 17.7. The third-order valence-electron chi connectivity index (χ3n) is 5.31. The van der Waals surface area contributed by atoms with Gasteiger partial charge in [-0.15, -0.1) is 0 Å². The highest BCUT2D eigenvalue weighted by molar-refractivity contribution is 5.76. The van der Waals surface area contributed by atoms with E-state index in [-0.39, 0.29) is 12.5 Å². The number of likely N-dealkylation sites (tertiary alicyclic amines) is 1. The molecule has 0 aromatic rings. The van der Waals surface area contributed by atoms with Crippen molar-refractivity contribution in [3.8, 4) is 0 Å². The van der Waals surface area contributed by atoms with Crippen LogP contribution < -0.4 is 5.32 Å². The highest BCUT2D eigenvalue weighted by Gasteiger charge is 2.29. The quantitative estimate of drug-likeness (QED) is 0.760. The molecule has 2 unspecified atom stereocenters. The molecule has 0 aromatic heterocycles. The molecule has 4 heteroatoms. The zero-order valence-corrected chi connectivity index (χ0v) is 14.2. The Bertz CT molecular complexity index is 329. The van der Waals surface area contributed by atoms with E-state index in [9.17, 15) is 9.90 Å².